The smallest absolute Gasteiger partial charge is 0.330 e. The summed E-state index contributed by atoms with van der Waals surface area (Å²) in [7, 11) is 0. The third-order valence-corrected chi connectivity index (χ3v) is 3.75. The zero-order chi connectivity index (χ0) is 16.8. The molecule has 0 amide bonds. The van der Waals surface area contributed by atoms with Gasteiger partial charge in [0.1, 0.15) is 0 Å². The van der Waals surface area contributed by atoms with E-state index in [9.17, 15) is 4.79 Å². The highest BCUT2D eigenvalue weighted by Gasteiger charge is 2.17. The maximum Gasteiger partial charge on any atom is 0.330 e. The monoisotopic (exact) mass is 345 g/mol. The van der Waals surface area contributed by atoms with Crippen LogP contribution in [0.2, 0.25) is 5.02 Å². The van der Waals surface area contributed by atoms with Crippen molar-refractivity contribution in [2.45, 2.75) is 12.8 Å². The number of hydrogen-bond donors (Lipinski definition) is 0. The molecule has 2 heterocycles. The van der Waals surface area contributed by atoms with Crippen LogP contribution in [0, 0.1) is 0 Å². The quantitative estimate of drug-likeness (QED) is 0.454. The highest BCUT2D eigenvalue weighted by Crippen LogP contribution is 2.40. The fourth-order valence-corrected chi connectivity index (χ4v) is 2.57. The summed E-state index contributed by atoms with van der Waals surface area (Å²) in [6.45, 7) is 0.523. The van der Waals surface area contributed by atoms with Crippen molar-refractivity contribution in [1.82, 2.24) is 4.98 Å². The lowest BCUT2D eigenvalue weighted by Gasteiger charge is -2.03. The lowest BCUT2D eigenvalue weighted by atomic mass is 10.1. The van der Waals surface area contributed by atoms with Gasteiger partial charge in [0, 0.05) is 18.5 Å². The number of hydrogen-bond acceptors (Lipinski definition) is 5. The van der Waals surface area contributed by atoms with E-state index >= 15 is 0 Å². The number of carbonyl (C=O) groups excluding carboxylic acids is 1. The average molecular weight is 346 g/mol. The summed E-state index contributed by atoms with van der Waals surface area (Å²) in [6.07, 6.45) is 8.12. The predicted octanol–water partition coefficient (Wildman–Crippen LogP) is 3.65. The summed E-state index contributed by atoms with van der Waals surface area (Å²) < 4.78 is 15.7. The van der Waals surface area contributed by atoms with Crippen molar-refractivity contribution in [3.63, 3.8) is 0 Å². The summed E-state index contributed by atoms with van der Waals surface area (Å²) in [5.41, 5.74) is 1.92. The summed E-state index contributed by atoms with van der Waals surface area (Å²) in [6, 6.07) is 7.37. The van der Waals surface area contributed by atoms with Gasteiger partial charge in [0.05, 0.1) is 11.6 Å². The Bertz CT molecular complexity index is 746. The molecule has 0 saturated carbocycles. The minimum atomic E-state index is -0.390. The fraction of sp³-hybridized carbons (Fsp3) is 0.222. The topological polar surface area (TPSA) is 57.7 Å². The van der Waals surface area contributed by atoms with Gasteiger partial charge in [-0.15, -0.1) is 0 Å². The molecule has 6 heteroatoms. The average Bonchev–Trinajstić information content (AvgIpc) is 3.07. The molecule has 1 aromatic heterocycles. The van der Waals surface area contributed by atoms with E-state index in [0.29, 0.717) is 23.1 Å². The molecule has 24 heavy (non-hydrogen) atoms. The zero-order valence-corrected chi connectivity index (χ0v) is 13.7. The number of ether oxygens (including phenoxy) is 3. The van der Waals surface area contributed by atoms with Gasteiger partial charge in [-0.3, -0.25) is 4.98 Å². The highest BCUT2D eigenvalue weighted by atomic mass is 35.5. The third kappa shape index (κ3) is 4.26. The van der Waals surface area contributed by atoms with Crippen molar-refractivity contribution in [1.29, 1.82) is 0 Å². The second kappa shape index (κ2) is 7.84. The summed E-state index contributed by atoms with van der Waals surface area (Å²) in [4.78, 5) is 15.7. The molecule has 124 valence electrons. The Balaban J connectivity index is 1.46. The van der Waals surface area contributed by atoms with E-state index < -0.39 is 5.97 Å². The van der Waals surface area contributed by atoms with Gasteiger partial charge in [0.25, 0.3) is 0 Å². The van der Waals surface area contributed by atoms with Crippen molar-refractivity contribution in [2.24, 2.45) is 0 Å². The lowest BCUT2D eigenvalue weighted by Crippen LogP contribution is -2.03. The molecule has 0 spiro atoms. The first-order valence-electron chi connectivity index (χ1n) is 7.55. The summed E-state index contributed by atoms with van der Waals surface area (Å²) in [5, 5.41) is 0.454. The van der Waals surface area contributed by atoms with Gasteiger partial charge in [-0.05, 0) is 54.3 Å². The van der Waals surface area contributed by atoms with Crippen LogP contribution in [0.4, 0.5) is 0 Å². The zero-order valence-electron chi connectivity index (χ0n) is 12.9. The van der Waals surface area contributed by atoms with Gasteiger partial charge < -0.3 is 14.2 Å². The van der Waals surface area contributed by atoms with E-state index in [4.69, 9.17) is 25.8 Å². The molecule has 1 aliphatic rings. The number of carbonyl (C=O) groups is 1. The van der Waals surface area contributed by atoms with Crippen LogP contribution in [0.25, 0.3) is 6.08 Å². The standard InChI is InChI=1S/C18H16ClNO4/c19-15-10-14(11-16-18(15)24-12-23-16)3-4-17(21)22-9-1-2-13-5-7-20-8-6-13/h3-8,10-11H,1-2,9,12H2/b4-3+. The van der Waals surface area contributed by atoms with Gasteiger partial charge >= 0.3 is 5.97 Å². The maximum absolute atomic E-state index is 11.7. The van der Waals surface area contributed by atoms with Crippen LogP contribution in [0.5, 0.6) is 11.5 Å². The molecule has 0 aliphatic carbocycles. The van der Waals surface area contributed by atoms with Crippen LogP contribution in [-0.4, -0.2) is 24.4 Å². The molecule has 0 saturated heterocycles. The molecule has 0 atom stereocenters. The molecular formula is C18H16ClNO4. The van der Waals surface area contributed by atoms with E-state index in [2.05, 4.69) is 4.98 Å². The first-order chi connectivity index (χ1) is 11.7. The Morgan fingerprint density at radius 2 is 2.12 bits per heavy atom. The number of aryl methyl sites for hydroxylation is 1. The van der Waals surface area contributed by atoms with Crippen LogP contribution < -0.4 is 9.47 Å². The Kier molecular flexibility index (Phi) is 5.33. The number of nitrogens with zero attached hydrogens (tertiary/aromatic N) is 1. The van der Waals surface area contributed by atoms with E-state index in [1.54, 1.807) is 30.6 Å². The van der Waals surface area contributed by atoms with Gasteiger partial charge in [-0.1, -0.05) is 11.6 Å². The van der Waals surface area contributed by atoms with Crippen LogP contribution in [-0.2, 0) is 16.0 Å². The molecule has 2 aromatic rings. The Labute approximate surface area is 144 Å². The van der Waals surface area contributed by atoms with Crippen molar-refractivity contribution in [3.8, 4) is 11.5 Å². The van der Waals surface area contributed by atoms with Gasteiger partial charge in [0.2, 0.25) is 6.79 Å². The van der Waals surface area contributed by atoms with Crippen molar-refractivity contribution in [2.75, 3.05) is 13.4 Å². The Hall–Kier alpha value is -2.53. The molecule has 3 rings (SSSR count). The SMILES string of the molecule is O=C(/C=C/c1cc(Cl)c2c(c1)OCO2)OCCCc1ccncc1. The van der Waals surface area contributed by atoms with Crippen molar-refractivity contribution >= 4 is 23.6 Å². The lowest BCUT2D eigenvalue weighted by molar-refractivity contribution is -0.137. The van der Waals surface area contributed by atoms with E-state index in [1.165, 1.54) is 11.6 Å². The molecule has 0 fully saturated rings. The normalized spacial score (nSPS) is 12.5. The number of fused-ring (bicyclic) bond motifs is 1. The molecule has 0 unspecified atom stereocenters. The molecule has 0 N–H and O–H groups in total. The van der Waals surface area contributed by atoms with Crippen LogP contribution in [0.1, 0.15) is 17.5 Å². The molecule has 1 aliphatic heterocycles. The summed E-state index contributed by atoms with van der Waals surface area (Å²) in [5.74, 6) is 0.721. The fourth-order valence-electron chi connectivity index (χ4n) is 2.29. The molecule has 0 bridgehead atoms. The van der Waals surface area contributed by atoms with Gasteiger partial charge in [-0.25, -0.2) is 4.79 Å². The van der Waals surface area contributed by atoms with Crippen molar-refractivity contribution in [3.05, 3.63) is 58.9 Å². The predicted molar refractivity (Wildman–Crippen MR) is 90.1 cm³/mol. The van der Waals surface area contributed by atoms with Crippen molar-refractivity contribution < 1.29 is 19.0 Å². The molecule has 0 radical (unpaired) electrons. The van der Waals surface area contributed by atoms with E-state index in [-0.39, 0.29) is 6.79 Å². The van der Waals surface area contributed by atoms with Crippen LogP contribution >= 0.6 is 11.6 Å². The summed E-state index contributed by atoms with van der Waals surface area (Å²) >= 11 is 6.09. The van der Waals surface area contributed by atoms with E-state index in [0.717, 1.165) is 18.4 Å². The van der Waals surface area contributed by atoms with Crippen LogP contribution in [0.15, 0.2) is 42.7 Å². The Morgan fingerprint density at radius 3 is 2.96 bits per heavy atom. The number of aromatic nitrogens is 1. The van der Waals surface area contributed by atoms with Gasteiger partial charge in [0.15, 0.2) is 11.5 Å². The molecular weight excluding hydrogens is 330 g/mol. The van der Waals surface area contributed by atoms with E-state index in [1.807, 2.05) is 12.1 Å². The Morgan fingerprint density at radius 1 is 1.29 bits per heavy atom. The molecule has 1 aromatic carbocycles. The number of esters is 1. The first-order valence-corrected chi connectivity index (χ1v) is 7.93. The number of rotatable bonds is 6. The minimum Gasteiger partial charge on any atom is -0.463 e. The number of pyridine rings is 1. The largest absolute Gasteiger partial charge is 0.463 e. The second-order valence-electron chi connectivity index (χ2n) is 5.20. The van der Waals surface area contributed by atoms with Gasteiger partial charge in [-0.2, -0.15) is 0 Å². The number of benzene rings is 1. The highest BCUT2D eigenvalue weighted by molar-refractivity contribution is 6.32. The number of halogens is 1. The van der Waals surface area contributed by atoms with Crippen LogP contribution in [0.3, 0.4) is 0 Å². The third-order valence-electron chi connectivity index (χ3n) is 3.46. The maximum atomic E-state index is 11.7. The minimum absolute atomic E-state index is 0.155. The second-order valence-corrected chi connectivity index (χ2v) is 5.60. The molecule has 5 nitrogen and oxygen atoms in total. The first kappa shape index (κ1) is 16.3.